The minimum atomic E-state index is -0.0443. The van der Waals surface area contributed by atoms with E-state index in [4.69, 9.17) is 0 Å². The third-order valence-corrected chi connectivity index (χ3v) is 5.78. The van der Waals surface area contributed by atoms with Gasteiger partial charge in [-0.25, -0.2) is 4.98 Å². The first-order valence-electron chi connectivity index (χ1n) is 9.31. The van der Waals surface area contributed by atoms with Crippen molar-refractivity contribution in [2.75, 3.05) is 5.75 Å². The monoisotopic (exact) mass is 380 g/mol. The number of hydrogen-bond donors (Lipinski definition) is 0. The van der Waals surface area contributed by atoms with Crippen molar-refractivity contribution in [3.8, 4) is 0 Å². The fraction of sp³-hybridized carbons (Fsp3) is 0.318. The molecule has 0 fully saturated rings. The first-order chi connectivity index (χ1) is 13.0. The van der Waals surface area contributed by atoms with Crippen LogP contribution in [0.3, 0.4) is 0 Å². The third kappa shape index (κ3) is 4.14. The fourth-order valence-corrected chi connectivity index (χ4v) is 3.93. The predicted octanol–water partition coefficient (Wildman–Crippen LogP) is 4.90. The Bertz CT molecular complexity index is 1010. The second kappa shape index (κ2) is 8.53. The summed E-state index contributed by atoms with van der Waals surface area (Å²) in [4.78, 5) is 30.2. The number of ketones is 1. The van der Waals surface area contributed by atoms with E-state index in [0.717, 1.165) is 12.8 Å². The zero-order chi connectivity index (χ0) is 19.4. The van der Waals surface area contributed by atoms with Gasteiger partial charge in [-0.1, -0.05) is 62.0 Å². The van der Waals surface area contributed by atoms with Gasteiger partial charge in [-0.15, -0.1) is 0 Å². The van der Waals surface area contributed by atoms with Crippen LogP contribution in [0, 0.1) is 0 Å². The molecule has 0 aliphatic heterocycles. The molecule has 1 heterocycles. The van der Waals surface area contributed by atoms with E-state index in [-0.39, 0.29) is 23.1 Å². The lowest BCUT2D eigenvalue weighted by Crippen LogP contribution is -2.26. The standard InChI is InChI=1S/C22H24N2O2S/c1-4-15(3)24-21(26)18-8-6-7-9-19(18)23-22(24)27-14-20(25)17-12-10-16(5-2)11-13-17/h6-13,15H,4-5,14H2,1-3H3. The summed E-state index contributed by atoms with van der Waals surface area (Å²) in [5.41, 5.74) is 2.53. The molecule has 0 aliphatic carbocycles. The first kappa shape index (κ1) is 19.4. The minimum Gasteiger partial charge on any atom is -0.293 e. The number of carbonyl (C=O) groups excluding carboxylic acids is 1. The number of carbonyl (C=O) groups is 1. The predicted molar refractivity (Wildman–Crippen MR) is 112 cm³/mol. The smallest absolute Gasteiger partial charge is 0.262 e. The highest BCUT2D eigenvalue weighted by Gasteiger charge is 2.17. The zero-order valence-corrected chi connectivity index (χ0v) is 16.8. The van der Waals surface area contributed by atoms with E-state index in [0.29, 0.717) is 21.6 Å². The highest BCUT2D eigenvalue weighted by Crippen LogP contribution is 2.23. The molecule has 0 N–H and O–H groups in total. The average Bonchev–Trinajstić information content (AvgIpc) is 2.71. The Hall–Kier alpha value is -2.40. The molecular weight excluding hydrogens is 356 g/mol. The molecule has 0 saturated heterocycles. The summed E-state index contributed by atoms with van der Waals surface area (Å²) in [6, 6.07) is 15.1. The van der Waals surface area contributed by atoms with Crippen molar-refractivity contribution >= 4 is 28.4 Å². The van der Waals surface area contributed by atoms with Crippen molar-refractivity contribution in [3.05, 3.63) is 70.0 Å². The summed E-state index contributed by atoms with van der Waals surface area (Å²) < 4.78 is 1.72. The zero-order valence-electron chi connectivity index (χ0n) is 15.9. The number of Topliss-reactive ketones (excluding diaryl/α,β-unsaturated/α-hetero) is 1. The van der Waals surface area contributed by atoms with Gasteiger partial charge in [-0.05, 0) is 37.5 Å². The molecule has 1 atom stereocenters. The van der Waals surface area contributed by atoms with E-state index in [1.807, 2.05) is 56.3 Å². The quantitative estimate of drug-likeness (QED) is 0.332. The Morgan fingerprint density at radius 3 is 2.48 bits per heavy atom. The van der Waals surface area contributed by atoms with E-state index >= 15 is 0 Å². The van der Waals surface area contributed by atoms with Crippen LogP contribution in [0.15, 0.2) is 58.5 Å². The summed E-state index contributed by atoms with van der Waals surface area (Å²) >= 11 is 1.33. The van der Waals surface area contributed by atoms with Crippen LogP contribution in [0.5, 0.6) is 0 Å². The molecule has 0 aliphatic rings. The van der Waals surface area contributed by atoms with E-state index in [9.17, 15) is 9.59 Å². The SMILES string of the molecule is CCc1ccc(C(=O)CSc2nc3ccccc3c(=O)n2C(C)CC)cc1. The largest absolute Gasteiger partial charge is 0.293 e. The second-order valence-corrected chi connectivity index (χ2v) is 7.55. The lowest BCUT2D eigenvalue weighted by Gasteiger charge is -2.18. The number of fused-ring (bicyclic) bond motifs is 1. The van der Waals surface area contributed by atoms with Gasteiger partial charge in [0.05, 0.1) is 16.7 Å². The molecule has 0 radical (unpaired) electrons. The number of rotatable bonds is 7. The van der Waals surface area contributed by atoms with E-state index in [1.54, 1.807) is 10.6 Å². The lowest BCUT2D eigenvalue weighted by atomic mass is 10.1. The Balaban J connectivity index is 1.91. The van der Waals surface area contributed by atoms with Gasteiger partial charge >= 0.3 is 0 Å². The topological polar surface area (TPSA) is 52.0 Å². The van der Waals surface area contributed by atoms with Gasteiger partial charge < -0.3 is 0 Å². The third-order valence-electron chi connectivity index (χ3n) is 4.82. The van der Waals surface area contributed by atoms with Gasteiger partial charge in [-0.3, -0.25) is 14.2 Å². The number of aromatic nitrogens is 2. The van der Waals surface area contributed by atoms with Crippen LogP contribution in [0.2, 0.25) is 0 Å². The van der Waals surface area contributed by atoms with Crippen LogP contribution in [-0.2, 0) is 6.42 Å². The maximum Gasteiger partial charge on any atom is 0.262 e. The van der Waals surface area contributed by atoms with Crippen LogP contribution in [-0.4, -0.2) is 21.1 Å². The Morgan fingerprint density at radius 1 is 1.11 bits per heavy atom. The summed E-state index contributed by atoms with van der Waals surface area (Å²) in [5.74, 6) is 0.299. The molecular formula is C22H24N2O2S. The number of thioether (sulfide) groups is 1. The maximum atomic E-state index is 13.0. The summed E-state index contributed by atoms with van der Waals surface area (Å²) in [5, 5.41) is 1.22. The number of hydrogen-bond acceptors (Lipinski definition) is 4. The van der Waals surface area contributed by atoms with Crippen molar-refractivity contribution in [2.24, 2.45) is 0 Å². The van der Waals surface area contributed by atoms with Crippen molar-refractivity contribution in [1.82, 2.24) is 9.55 Å². The number of nitrogens with zero attached hydrogens (tertiary/aromatic N) is 2. The normalized spacial score (nSPS) is 12.3. The van der Waals surface area contributed by atoms with Crippen LogP contribution in [0.1, 0.15) is 49.2 Å². The van der Waals surface area contributed by atoms with Crippen LogP contribution >= 0.6 is 11.8 Å². The second-order valence-electron chi connectivity index (χ2n) is 6.61. The van der Waals surface area contributed by atoms with Gasteiger partial charge in [-0.2, -0.15) is 0 Å². The molecule has 4 nitrogen and oxygen atoms in total. The van der Waals surface area contributed by atoms with Crippen molar-refractivity contribution in [3.63, 3.8) is 0 Å². The number of aryl methyl sites for hydroxylation is 1. The van der Waals surface area contributed by atoms with Crippen LogP contribution in [0.25, 0.3) is 10.9 Å². The highest BCUT2D eigenvalue weighted by atomic mass is 32.2. The molecule has 0 spiro atoms. The highest BCUT2D eigenvalue weighted by molar-refractivity contribution is 7.99. The first-order valence-corrected chi connectivity index (χ1v) is 10.3. The van der Waals surface area contributed by atoms with E-state index in [2.05, 4.69) is 11.9 Å². The van der Waals surface area contributed by atoms with Crippen LogP contribution in [0.4, 0.5) is 0 Å². The van der Waals surface area contributed by atoms with Gasteiger partial charge in [0.25, 0.3) is 5.56 Å². The molecule has 3 aromatic rings. The summed E-state index contributed by atoms with van der Waals surface area (Å²) in [7, 11) is 0. The van der Waals surface area contributed by atoms with Crippen LogP contribution < -0.4 is 5.56 Å². The number of para-hydroxylation sites is 1. The van der Waals surface area contributed by atoms with E-state index in [1.165, 1.54) is 17.3 Å². The molecule has 1 unspecified atom stereocenters. The summed E-state index contributed by atoms with van der Waals surface area (Å²) in [6.07, 6.45) is 1.77. The lowest BCUT2D eigenvalue weighted by molar-refractivity contribution is 0.102. The molecule has 0 saturated carbocycles. The maximum absolute atomic E-state index is 13.0. The van der Waals surface area contributed by atoms with Crippen molar-refractivity contribution in [1.29, 1.82) is 0 Å². The average molecular weight is 381 g/mol. The fourth-order valence-electron chi connectivity index (χ4n) is 2.94. The van der Waals surface area contributed by atoms with Gasteiger partial charge in [0.1, 0.15) is 0 Å². The Kier molecular flexibility index (Phi) is 6.11. The molecule has 1 aromatic heterocycles. The molecule has 3 rings (SSSR count). The Morgan fingerprint density at radius 2 is 1.81 bits per heavy atom. The molecule has 0 amide bonds. The number of benzene rings is 2. The molecule has 0 bridgehead atoms. The van der Waals surface area contributed by atoms with Gasteiger partial charge in [0.15, 0.2) is 10.9 Å². The summed E-state index contributed by atoms with van der Waals surface area (Å²) in [6.45, 7) is 6.14. The molecule has 2 aromatic carbocycles. The Labute approximate surface area is 163 Å². The van der Waals surface area contributed by atoms with E-state index < -0.39 is 0 Å². The molecule has 27 heavy (non-hydrogen) atoms. The van der Waals surface area contributed by atoms with Gasteiger partial charge in [0, 0.05) is 11.6 Å². The minimum absolute atomic E-state index is 0.0241. The van der Waals surface area contributed by atoms with Crippen molar-refractivity contribution < 1.29 is 4.79 Å². The van der Waals surface area contributed by atoms with Crippen molar-refractivity contribution in [2.45, 2.75) is 44.8 Å². The van der Waals surface area contributed by atoms with Gasteiger partial charge in [0.2, 0.25) is 0 Å². The molecule has 5 heteroatoms. The molecule has 140 valence electrons.